The number of hydrogen-bond acceptors (Lipinski definition) is 4. The van der Waals surface area contributed by atoms with Gasteiger partial charge in [-0.25, -0.2) is 0 Å². The van der Waals surface area contributed by atoms with Crippen LogP contribution in [0.2, 0.25) is 17.5 Å². The monoisotopic (exact) mass is 1460 g/mol. The molecular weight excluding hydrogens is 1290 g/mol. The highest BCUT2D eigenvalue weighted by atomic mass is 15.3. The summed E-state index contributed by atoms with van der Waals surface area (Å²) in [4.78, 5) is 14.9. The van der Waals surface area contributed by atoms with E-state index in [1.54, 1.807) is 289 Å². The normalized spacial score (nSPS) is 49.7. The summed E-state index contributed by atoms with van der Waals surface area (Å²) in [5.41, 5.74) is 0.889. The van der Waals surface area contributed by atoms with E-state index in [9.17, 15) is 0 Å². The molecule has 4 nitrogen and oxygen atoms in total. The van der Waals surface area contributed by atoms with Crippen LogP contribution in [-0.4, -0.2) is 98.8 Å². The third kappa shape index (κ3) is 14.5. The van der Waals surface area contributed by atoms with Crippen LogP contribution in [0.15, 0.2) is 0 Å². The largest absolute Gasteiger partial charge is 0.295 e. The highest BCUT2D eigenvalue weighted by Gasteiger charge is 2.69. The van der Waals surface area contributed by atoms with Gasteiger partial charge in [-0.1, -0.05) is 208 Å². The molecule has 23 unspecified atom stereocenters. The van der Waals surface area contributed by atoms with Crippen LogP contribution in [0.25, 0.3) is 0 Å². The third-order valence-electron chi connectivity index (χ3n) is 42.2. The first-order valence-electron chi connectivity index (χ1n) is 51.4. The summed E-state index contributed by atoms with van der Waals surface area (Å²) >= 11 is 0. The van der Waals surface area contributed by atoms with Gasteiger partial charge in [0.1, 0.15) is 0 Å². The molecule has 0 radical (unpaired) electrons. The molecule has 0 aromatic rings. The molecule has 0 amide bonds. The fourth-order valence-corrected chi connectivity index (χ4v) is 37.8. The van der Waals surface area contributed by atoms with Gasteiger partial charge in [-0.05, 0) is 359 Å². The zero-order valence-corrected chi connectivity index (χ0v) is 71.3. The average molecular weight is 1460 g/mol. The second-order valence-electron chi connectivity index (χ2n) is 48.2. The maximum absolute atomic E-state index is 3.84. The molecule has 0 N–H and O–H groups in total. The quantitative estimate of drug-likeness (QED) is 0.191. The Kier molecular flexibility index (Phi) is 22.6. The van der Waals surface area contributed by atoms with Crippen molar-refractivity contribution in [2.24, 2.45) is 129 Å². The van der Waals surface area contributed by atoms with E-state index < -0.39 is 0 Å². The lowest BCUT2D eigenvalue weighted by molar-refractivity contribution is -0.153. The van der Waals surface area contributed by atoms with Crippen LogP contribution >= 0.6 is 0 Å². The Hall–Kier alpha value is -0.0951. The highest BCUT2D eigenvalue weighted by molar-refractivity contribution is 6.65. The fourth-order valence-electron chi connectivity index (χ4n) is 37.8. The predicted octanol–water partition coefficient (Wildman–Crippen LogP) is 26.9. The maximum Gasteiger partial charge on any atom is 0.156 e. The molecule has 3 heterocycles. The molecule has 3 aliphatic heterocycles. The van der Waals surface area contributed by atoms with Crippen LogP contribution in [0.1, 0.15) is 420 Å². The van der Waals surface area contributed by atoms with Crippen molar-refractivity contribution in [2.75, 3.05) is 0 Å². The lowest BCUT2D eigenvalue weighted by Gasteiger charge is -2.71. The van der Waals surface area contributed by atoms with E-state index in [4.69, 9.17) is 0 Å². The van der Waals surface area contributed by atoms with Gasteiger partial charge in [0, 0.05) is 72.5 Å². The van der Waals surface area contributed by atoms with Gasteiger partial charge < -0.3 is 0 Å². The topological polar surface area (TPSA) is 13.0 Å². The molecule has 3 saturated heterocycles. The van der Waals surface area contributed by atoms with Crippen LogP contribution in [0, 0.1) is 129 Å². The summed E-state index contributed by atoms with van der Waals surface area (Å²) in [6.07, 6.45) is 92.6. The minimum atomic E-state index is 0.438. The summed E-state index contributed by atoms with van der Waals surface area (Å²) in [5.74, 6) is 23.2. The molecule has 23 atom stereocenters. The molecule has 0 spiro atoms. The van der Waals surface area contributed by atoms with Gasteiger partial charge in [0.25, 0.3) is 0 Å². The molecule has 17 saturated carbocycles. The smallest absolute Gasteiger partial charge is 0.156 e. The standard InChI is InChI=1S/C102H171BN4/c1-101(2,3)78-57-75-35-36-76-58-79(102(4,5)6)62-89-88(60-77(59-78)98(75)99(76)89)74-45-56-94-91(61-74)103-90-55-54-84(107-92-33-21-19-31-86(92)87-32-20-22-34-93(87)107)63-95(90)106(83-52-43-73(44-53-83)69-29-17-10-18-30-69)97-65-85(64-96(100(97)103)105(94)82-50-41-72(42-51-82)68-27-15-9-16-28-68)104(80-46-37-70(38-47-80)66-23-11-7-12-24-66)81-48-39-71(40-49-81)67-25-13-8-14-26-67/h66-100H,7-65H2,1-6H3. The van der Waals surface area contributed by atoms with E-state index >= 15 is 0 Å². The lowest BCUT2D eigenvalue weighted by Crippen LogP contribution is -2.76. The summed E-state index contributed by atoms with van der Waals surface area (Å²) in [7, 11) is 0. The van der Waals surface area contributed by atoms with Gasteiger partial charge in [-0.3, -0.25) is 19.6 Å². The van der Waals surface area contributed by atoms with Gasteiger partial charge in [0.2, 0.25) is 0 Å². The number of likely N-dealkylation sites (tertiary alicyclic amines) is 1. The predicted molar refractivity (Wildman–Crippen MR) is 451 cm³/mol. The van der Waals surface area contributed by atoms with Crippen molar-refractivity contribution in [3.63, 3.8) is 0 Å². The summed E-state index contributed by atoms with van der Waals surface area (Å²) < 4.78 is 0. The SMILES string of the molecule is CC(C)(C)C1CC2CCC3CC(C(C)(C)C)CC4C(C5CCC6C(C5)B5C7CCC(N8C9CCCCC9C9CCCCC98)CC7N(C7CCC(C8CCCCC8)CC7)C7CC(N(C8CCC(C9CCCCC9)CC8)C8CCC(C9CCCCC9)CC8)CC(C57)N6C5CCC(C6CCCCC6)CC5)CC(C1)C2C34. The molecular formula is C102H171BN4. The molecule has 20 fully saturated rings. The molecule has 5 heteroatoms. The summed E-state index contributed by atoms with van der Waals surface area (Å²) in [6.45, 7) is 17.2. The Labute approximate surface area is 661 Å². The van der Waals surface area contributed by atoms with E-state index in [0.717, 1.165) is 215 Å². The molecule has 0 bridgehead atoms. The first-order valence-corrected chi connectivity index (χ1v) is 51.4. The Bertz CT molecular complexity index is 2790. The minimum absolute atomic E-state index is 0.438. The molecule has 0 aromatic heterocycles. The van der Waals surface area contributed by atoms with Crippen LogP contribution in [0.4, 0.5) is 0 Å². The number of fused-ring (bicyclic) bond motifs is 7. The van der Waals surface area contributed by atoms with E-state index in [-0.39, 0.29) is 0 Å². The molecule has 20 aliphatic rings. The number of rotatable bonds is 11. The lowest BCUT2D eigenvalue weighted by atomic mass is 9.18. The second kappa shape index (κ2) is 32.0. The van der Waals surface area contributed by atoms with Crippen molar-refractivity contribution in [3.05, 3.63) is 0 Å². The zero-order valence-electron chi connectivity index (χ0n) is 71.3. The van der Waals surface area contributed by atoms with Gasteiger partial charge in [0.15, 0.2) is 6.71 Å². The third-order valence-corrected chi connectivity index (χ3v) is 42.2. The maximum atomic E-state index is 3.84. The van der Waals surface area contributed by atoms with Crippen molar-refractivity contribution >= 4 is 6.71 Å². The Morgan fingerprint density at radius 3 is 1.09 bits per heavy atom. The van der Waals surface area contributed by atoms with Crippen molar-refractivity contribution in [1.29, 1.82) is 0 Å². The Morgan fingerprint density at radius 2 is 0.607 bits per heavy atom. The summed E-state index contributed by atoms with van der Waals surface area (Å²) in [5, 5.41) is 0. The van der Waals surface area contributed by atoms with Crippen LogP contribution in [0.5, 0.6) is 0 Å². The number of nitrogens with zero attached hydrogens (tertiary/aromatic N) is 4. The summed E-state index contributed by atoms with van der Waals surface area (Å²) in [6, 6.07) is 10.2. The van der Waals surface area contributed by atoms with Crippen molar-refractivity contribution in [3.8, 4) is 0 Å². The number of hydrogen-bond donors (Lipinski definition) is 0. The first-order chi connectivity index (χ1) is 52.3. The Morgan fingerprint density at radius 1 is 0.224 bits per heavy atom. The van der Waals surface area contributed by atoms with E-state index in [1.165, 1.54) is 89.9 Å². The molecule has 0 aromatic carbocycles. The van der Waals surface area contributed by atoms with Crippen molar-refractivity contribution in [1.82, 2.24) is 19.6 Å². The van der Waals surface area contributed by atoms with Crippen LogP contribution in [-0.2, 0) is 0 Å². The average Bonchev–Trinajstić information content (AvgIpc) is 0.782. The van der Waals surface area contributed by atoms with E-state index in [0.29, 0.717) is 10.8 Å². The van der Waals surface area contributed by atoms with Crippen LogP contribution < -0.4 is 0 Å². The molecule has 20 rings (SSSR count). The van der Waals surface area contributed by atoms with Gasteiger partial charge >= 0.3 is 0 Å². The molecule has 107 heavy (non-hydrogen) atoms. The minimum Gasteiger partial charge on any atom is -0.295 e. The van der Waals surface area contributed by atoms with Crippen molar-refractivity contribution in [2.45, 2.75) is 510 Å². The Balaban J connectivity index is 0.708. The van der Waals surface area contributed by atoms with Crippen molar-refractivity contribution < 1.29 is 0 Å². The van der Waals surface area contributed by atoms with E-state index in [1.807, 2.05) is 0 Å². The van der Waals surface area contributed by atoms with Gasteiger partial charge in [0.05, 0.1) is 0 Å². The zero-order chi connectivity index (χ0) is 71.8. The molecule has 602 valence electrons. The van der Waals surface area contributed by atoms with Crippen LogP contribution in [0.3, 0.4) is 0 Å². The highest BCUT2D eigenvalue weighted by Crippen LogP contribution is 2.71. The fraction of sp³-hybridized carbons (Fsp3) is 1.00. The van der Waals surface area contributed by atoms with E-state index in [2.05, 4.69) is 61.1 Å². The van der Waals surface area contributed by atoms with Gasteiger partial charge in [-0.2, -0.15) is 0 Å². The van der Waals surface area contributed by atoms with Gasteiger partial charge in [-0.15, -0.1) is 0 Å². The molecule has 17 aliphatic carbocycles. The first kappa shape index (κ1) is 75.6. The second-order valence-corrected chi connectivity index (χ2v) is 48.2.